The maximum atomic E-state index is 9.00. The highest BCUT2D eigenvalue weighted by molar-refractivity contribution is 9.09. The highest BCUT2D eigenvalue weighted by atomic mass is 79.9. The number of hydrogen-bond donors (Lipinski definition) is 2. The number of carboxylic acids is 1. The molecule has 1 unspecified atom stereocenters. The number of carboxylic acid groups (broad SMARTS) is 1. The largest absolute Gasteiger partial charge is 0.481 e. The summed E-state index contributed by atoms with van der Waals surface area (Å²) in [7, 11) is 0. The minimum Gasteiger partial charge on any atom is -0.481 e. The average molecular weight is 372 g/mol. The number of carbonyl (C=O) groups is 1. The van der Waals surface area contributed by atoms with Crippen molar-refractivity contribution in [2.75, 3.05) is 11.9 Å². The molecule has 0 heterocycles. The summed E-state index contributed by atoms with van der Waals surface area (Å²) >= 11 is 6.97. The second-order valence-electron chi connectivity index (χ2n) is 3.62. The lowest BCUT2D eigenvalue weighted by Gasteiger charge is -2.06. The van der Waals surface area contributed by atoms with Crippen LogP contribution < -0.4 is 0 Å². The Bertz CT molecular complexity index is 269. The van der Waals surface area contributed by atoms with E-state index in [1.54, 1.807) is 0 Å². The fourth-order valence-corrected chi connectivity index (χ4v) is 2.11. The molecule has 2 N–H and O–H groups in total. The van der Waals surface area contributed by atoms with Crippen LogP contribution in [0.2, 0.25) is 0 Å². The van der Waals surface area contributed by atoms with Gasteiger partial charge in [-0.15, -0.1) is 0 Å². The fourth-order valence-electron chi connectivity index (χ4n) is 0.959. The summed E-state index contributed by atoms with van der Waals surface area (Å²) < 4.78 is 0. The highest BCUT2D eigenvalue weighted by Crippen LogP contribution is 2.16. The number of alkyl halides is 2. The first kappa shape index (κ1) is 19.2. The van der Waals surface area contributed by atoms with Gasteiger partial charge in [0, 0.05) is 17.1 Å². The van der Waals surface area contributed by atoms with Gasteiger partial charge in [0.2, 0.25) is 0 Å². The van der Waals surface area contributed by atoms with Crippen LogP contribution in [0.3, 0.4) is 0 Å². The molecule has 0 aliphatic heterocycles. The lowest BCUT2D eigenvalue weighted by molar-refractivity contribution is -0.134. The average Bonchev–Trinajstić information content (AvgIpc) is 2.16. The quantitative estimate of drug-likeness (QED) is 0.574. The molecule has 5 heteroatoms. The van der Waals surface area contributed by atoms with E-state index in [1.165, 1.54) is 11.1 Å². The van der Waals surface area contributed by atoms with E-state index in [4.69, 9.17) is 15.0 Å². The van der Waals surface area contributed by atoms with Crippen molar-refractivity contribution < 1.29 is 15.0 Å². The molecule has 0 aromatic rings. The Morgan fingerprint density at radius 2 is 1.76 bits per heavy atom. The maximum Gasteiger partial charge on any atom is 0.300 e. The van der Waals surface area contributed by atoms with Crippen molar-refractivity contribution in [2.45, 2.75) is 32.0 Å². The van der Waals surface area contributed by atoms with Crippen molar-refractivity contribution in [1.29, 1.82) is 0 Å². The molecule has 0 saturated carbocycles. The zero-order valence-electron chi connectivity index (χ0n) is 10.4. The van der Waals surface area contributed by atoms with Crippen molar-refractivity contribution in [3.05, 3.63) is 23.3 Å². The molecule has 0 aromatic heterocycles. The Hall–Kier alpha value is -0.130. The standard InChI is InChI=1S/C10H16Br2O.C2H4O2/c1-8(3-4-13)5-10(12)6-9(2)7-11;1-2(3)4/h3,6,10,13H,4-5,7H2,1-2H3;1H3,(H,3,4). The van der Waals surface area contributed by atoms with Gasteiger partial charge in [0.15, 0.2) is 0 Å². The van der Waals surface area contributed by atoms with Crippen LogP contribution in [0.4, 0.5) is 0 Å². The van der Waals surface area contributed by atoms with E-state index in [-0.39, 0.29) is 6.61 Å². The van der Waals surface area contributed by atoms with Crippen molar-refractivity contribution in [3.8, 4) is 0 Å². The van der Waals surface area contributed by atoms with Crippen LogP contribution in [0.1, 0.15) is 27.2 Å². The maximum absolute atomic E-state index is 9.00. The minimum absolute atomic E-state index is 0.132. The lowest BCUT2D eigenvalue weighted by atomic mass is 10.1. The van der Waals surface area contributed by atoms with Crippen LogP contribution in [-0.4, -0.2) is 32.9 Å². The molecular formula is C12H20Br2O3. The first-order valence-corrected chi connectivity index (χ1v) is 7.20. The third kappa shape index (κ3) is 18.4. The van der Waals surface area contributed by atoms with Gasteiger partial charge in [0.25, 0.3) is 5.97 Å². The summed E-state index contributed by atoms with van der Waals surface area (Å²) in [5, 5.41) is 17.0. The van der Waals surface area contributed by atoms with E-state index in [0.29, 0.717) is 4.83 Å². The van der Waals surface area contributed by atoms with E-state index in [2.05, 4.69) is 44.9 Å². The summed E-state index contributed by atoms with van der Waals surface area (Å²) in [6, 6.07) is 0. The predicted octanol–water partition coefficient (Wildman–Crippen LogP) is 3.51. The number of aliphatic carboxylic acids is 1. The molecule has 0 spiro atoms. The SMILES string of the molecule is CC(=CC(Br)CC(C)=CCO)CBr.CC(=O)O. The first-order valence-electron chi connectivity index (χ1n) is 5.16. The van der Waals surface area contributed by atoms with Gasteiger partial charge in [-0.25, -0.2) is 0 Å². The normalized spacial score (nSPS) is 13.8. The molecule has 0 saturated heterocycles. The molecule has 100 valence electrons. The van der Waals surface area contributed by atoms with Crippen molar-refractivity contribution in [1.82, 2.24) is 0 Å². The summed E-state index contributed by atoms with van der Waals surface area (Å²) in [5.74, 6) is -0.833. The first-order chi connectivity index (χ1) is 7.83. The predicted molar refractivity (Wildman–Crippen MR) is 79.0 cm³/mol. The molecule has 0 fully saturated rings. The van der Waals surface area contributed by atoms with Crippen molar-refractivity contribution >= 4 is 37.8 Å². The summed E-state index contributed by atoms with van der Waals surface area (Å²) in [6.07, 6.45) is 4.97. The topological polar surface area (TPSA) is 57.5 Å². The minimum atomic E-state index is -0.833. The van der Waals surface area contributed by atoms with Crippen molar-refractivity contribution in [2.24, 2.45) is 0 Å². The van der Waals surface area contributed by atoms with E-state index >= 15 is 0 Å². The van der Waals surface area contributed by atoms with Crippen LogP contribution in [0.15, 0.2) is 23.3 Å². The van der Waals surface area contributed by atoms with Crippen LogP contribution in [0.25, 0.3) is 0 Å². The molecule has 3 nitrogen and oxygen atoms in total. The van der Waals surface area contributed by atoms with Gasteiger partial charge in [-0.2, -0.15) is 0 Å². The van der Waals surface area contributed by atoms with E-state index < -0.39 is 5.97 Å². The van der Waals surface area contributed by atoms with E-state index in [1.807, 2.05) is 13.0 Å². The molecule has 0 aliphatic rings. The molecule has 0 amide bonds. The van der Waals surface area contributed by atoms with E-state index in [9.17, 15) is 0 Å². The zero-order chi connectivity index (χ0) is 13.8. The second kappa shape index (κ2) is 12.3. The molecule has 0 rings (SSSR count). The van der Waals surface area contributed by atoms with Gasteiger partial charge < -0.3 is 10.2 Å². The zero-order valence-corrected chi connectivity index (χ0v) is 13.6. The van der Waals surface area contributed by atoms with Gasteiger partial charge >= 0.3 is 0 Å². The van der Waals surface area contributed by atoms with Crippen LogP contribution in [0, 0.1) is 0 Å². The monoisotopic (exact) mass is 370 g/mol. The molecule has 1 atom stereocenters. The van der Waals surface area contributed by atoms with Crippen molar-refractivity contribution in [3.63, 3.8) is 0 Å². The van der Waals surface area contributed by atoms with Gasteiger partial charge in [0.1, 0.15) is 0 Å². The van der Waals surface area contributed by atoms with Gasteiger partial charge in [0.05, 0.1) is 6.61 Å². The Morgan fingerprint density at radius 1 is 1.29 bits per heavy atom. The Morgan fingerprint density at radius 3 is 2.12 bits per heavy atom. The molecule has 17 heavy (non-hydrogen) atoms. The number of rotatable bonds is 5. The number of halogens is 2. The Kier molecular flexibility index (Phi) is 13.9. The second-order valence-corrected chi connectivity index (χ2v) is 5.36. The smallest absolute Gasteiger partial charge is 0.300 e. The number of aliphatic hydroxyl groups is 1. The third-order valence-electron chi connectivity index (χ3n) is 1.63. The Balaban J connectivity index is 0. The molecule has 0 aliphatic carbocycles. The number of aliphatic hydroxyl groups excluding tert-OH is 1. The summed E-state index contributed by atoms with van der Waals surface area (Å²) in [4.78, 5) is 9.37. The summed E-state index contributed by atoms with van der Waals surface area (Å²) in [5.41, 5.74) is 2.53. The highest BCUT2D eigenvalue weighted by Gasteiger charge is 2.01. The van der Waals surface area contributed by atoms with Gasteiger partial charge in [-0.3, -0.25) is 4.79 Å². The fraction of sp³-hybridized carbons (Fsp3) is 0.583. The summed E-state index contributed by atoms with van der Waals surface area (Å²) in [6.45, 7) is 5.34. The molecule has 0 aromatic carbocycles. The molecule has 0 bridgehead atoms. The Labute approximate surface area is 120 Å². The van der Waals surface area contributed by atoms with Crippen LogP contribution in [0.5, 0.6) is 0 Å². The van der Waals surface area contributed by atoms with E-state index in [0.717, 1.165) is 18.7 Å². The van der Waals surface area contributed by atoms with Crippen LogP contribution in [-0.2, 0) is 4.79 Å². The third-order valence-corrected chi connectivity index (χ3v) is 3.11. The number of hydrogen-bond acceptors (Lipinski definition) is 2. The molecule has 0 radical (unpaired) electrons. The number of allylic oxidation sites excluding steroid dienone is 3. The molecular weight excluding hydrogens is 352 g/mol. The lowest BCUT2D eigenvalue weighted by Crippen LogP contribution is -1.96. The van der Waals surface area contributed by atoms with Gasteiger partial charge in [-0.1, -0.05) is 55.2 Å². The van der Waals surface area contributed by atoms with Gasteiger partial charge in [-0.05, 0) is 20.3 Å². The van der Waals surface area contributed by atoms with Crippen LogP contribution >= 0.6 is 31.9 Å².